The van der Waals surface area contributed by atoms with Crippen molar-refractivity contribution >= 4 is 23.6 Å². The van der Waals surface area contributed by atoms with E-state index in [2.05, 4.69) is 10.3 Å². The number of amides is 2. The molecule has 2 aromatic carbocycles. The number of aryl methyl sites for hydroxylation is 1. The highest BCUT2D eigenvalue weighted by Gasteiger charge is 2.15. The smallest absolute Gasteiger partial charge is 0.247 e. The number of hydrogen-bond donors (Lipinski definition) is 1. The van der Waals surface area contributed by atoms with Crippen molar-refractivity contribution in [2.45, 2.75) is 20.3 Å². The minimum absolute atomic E-state index is 0.0620. The van der Waals surface area contributed by atoms with Gasteiger partial charge in [0.15, 0.2) is 11.6 Å². The van der Waals surface area contributed by atoms with Crippen LogP contribution in [0.25, 0.3) is 6.08 Å². The van der Waals surface area contributed by atoms with Crippen LogP contribution in [0.15, 0.2) is 73.1 Å². The van der Waals surface area contributed by atoms with E-state index < -0.39 is 5.82 Å². The minimum Gasteiger partial charge on any atom is -0.453 e. The SMILES string of the molecule is CCCN(CC(=O)Nc1ccccc1C)C(=O)/C=C/c1ccc(Oc2cccnc2)c(F)c1. The normalized spacial score (nSPS) is 10.8. The molecule has 0 saturated heterocycles. The van der Waals surface area contributed by atoms with Crippen LogP contribution in [0.4, 0.5) is 10.1 Å². The molecule has 1 heterocycles. The van der Waals surface area contributed by atoms with Gasteiger partial charge in [0.05, 0.1) is 6.20 Å². The molecule has 1 N–H and O–H groups in total. The number of hydrogen-bond acceptors (Lipinski definition) is 4. The molecule has 7 heteroatoms. The summed E-state index contributed by atoms with van der Waals surface area (Å²) in [7, 11) is 0. The van der Waals surface area contributed by atoms with Crippen molar-refractivity contribution in [1.82, 2.24) is 9.88 Å². The maximum absolute atomic E-state index is 14.4. The summed E-state index contributed by atoms with van der Waals surface area (Å²) in [5.74, 6) is -0.673. The predicted octanol–water partition coefficient (Wildman–Crippen LogP) is 5.21. The van der Waals surface area contributed by atoms with E-state index in [9.17, 15) is 14.0 Å². The van der Waals surface area contributed by atoms with E-state index in [-0.39, 0.29) is 24.1 Å². The van der Waals surface area contributed by atoms with Gasteiger partial charge in [-0.15, -0.1) is 0 Å². The quantitative estimate of drug-likeness (QED) is 0.457. The number of benzene rings is 2. The largest absolute Gasteiger partial charge is 0.453 e. The first kappa shape index (κ1) is 23.7. The molecule has 0 radical (unpaired) electrons. The van der Waals surface area contributed by atoms with Crippen molar-refractivity contribution in [2.24, 2.45) is 0 Å². The van der Waals surface area contributed by atoms with Gasteiger partial charge in [0.25, 0.3) is 0 Å². The highest BCUT2D eigenvalue weighted by molar-refractivity contribution is 5.98. The summed E-state index contributed by atoms with van der Waals surface area (Å²) < 4.78 is 19.9. The van der Waals surface area contributed by atoms with Crippen LogP contribution in [0, 0.1) is 12.7 Å². The van der Waals surface area contributed by atoms with Crippen LogP contribution in [0.3, 0.4) is 0 Å². The molecule has 0 fully saturated rings. The Morgan fingerprint density at radius 2 is 1.97 bits per heavy atom. The average Bonchev–Trinajstić information content (AvgIpc) is 2.81. The summed E-state index contributed by atoms with van der Waals surface area (Å²) in [6.07, 6.45) is 6.65. The molecule has 0 saturated carbocycles. The van der Waals surface area contributed by atoms with Gasteiger partial charge < -0.3 is 15.0 Å². The first-order valence-corrected chi connectivity index (χ1v) is 10.7. The van der Waals surface area contributed by atoms with E-state index in [1.807, 2.05) is 38.1 Å². The second kappa shape index (κ2) is 11.6. The molecular formula is C26H26FN3O3. The van der Waals surface area contributed by atoms with E-state index in [1.54, 1.807) is 24.4 Å². The van der Waals surface area contributed by atoms with Crippen molar-refractivity contribution in [3.05, 3.63) is 90.0 Å². The number of rotatable bonds is 9. The zero-order valence-electron chi connectivity index (χ0n) is 18.6. The lowest BCUT2D eigenvalue weighted by Gasteiger charge is -2.20. The van der Waals surface area contributed by atoms with Crippen molar-refractivity contribution in [1.29, 1.82) is 0 Å². The standard InChI is InChI=1S/C26H26FN3O3/c1-3-15-30(18-25(31)29-23-9-5-4-7-19(23)2)26(32)13-11-20-10-12-24(22(27)16-20)33-21-8-6-14-28-17-21/h4-14,16-17H,3,15,18H2,1-2H3,(H,29,31)/b13-11+. The molecule has 0 atom stereocenters. The van der Waals surface area contributed by atoms with Crippen LogP contribution in [0.2, 0.25) is 0 Å². The molecule has 1 aromatic heterocycles. The molecule has 0 unspecified atom stereocenters. The Hall–Kier alpha value is -4.00. The first-order chi connectivity index (χ1) is 16.0. The summed E-state index contributed by atoms with van der Waals surface area (Å²) in [5.41, 5.74) is 2.16. The third-order valence-electron chi connectivity index (χ3n) is 4.80. The second-order valence-electron chi connectivity index (χ2n) is 7.44. The van der Waals surface area contributed by atoms with Crippen LogP contribution in [0.1, 0.15) is 24.5 Å². The van der Waals surface area contributed by atoms with E-state index >= 15 is 0 Å². The summed E-state index contributed by atoms with van der Waals surface area (Å²) in [6.45, 7) is 4.19. The lowest BCUT2D eigenvalue weighted by atomic mass is 10.2. The monoisotopic (exact) mass is 447 g/mol. The summed E-state index contributed by atoms with van der Waals surface area (Å²) in [6, 6.07) is 15.2. The molecule has 6 nitrogen and oxygen atoms in total. The predicted molar refractivity (Wildman–Crippen MR) is 126 cm³/mol. The van der Waals surface area contributed by atoms with Gasteiger partial charge in [-0.05, 0) is 60.9 Å². The fourth-order valence-corrected chi connectivity index (χ4v) is 3.12. The molecule has 3 rings (SSSR count). The third-order valence-corrected chi connectivity index (χ3v) is 4.80. The van der Waals surface area contributed by atoms with Crippen LogP contribution >= 0.6 is 0 Å². The molecule has 0 bridgehead atoms. The lowest BCUT2D eigenvalue weighted by molar-refractivity contribution is -0.130. The van der Waals surface area contributed by atoms with Crippen LogP contribution in [-0.2, 0) is 9.59 Å². The summed E-state index contributed by atoms with van der Waals surface area (Å²) >= 11 is 0. The Balaban J connectivity index is 1.63. The maximum atomic E-state index is 14.4. The number of carbonyl (C=O) groups excluding carboxylic acids is 2. The molecule has 0 spiro atoms. The zero-order chi connectivity index (χ0) is 23.6. The highest BCUT2D eigenvalue weighted by atomic mass is 19.1. The molecule has 0 aliphatic rings. The molecule has 33 heavy (non-hydrogen) atoms. The van der Waals surface area contributed by atoms with Gasteiger partial charge in [0.1, 0.15) is 12.3 Å². The number of nitrogens with one attached hydrogen (secondary N) is 1. The maximum Gasteiger partial charge on any atom is 0.247 e. The van der Waals surface area contributed by atoms with Gasteiger partial charge in [-0.3, -0.25) is 14.6 Å². The van der Waals surface area contributed by atoms with Gasteiger partial charge >= 0.3 is 0 Å². The van der Waals surface area contributed by atoms with Crippen LogP contribution in [0.5, 0.6) is 11.5 Å². The topological polar surface area (TPSA) is 71.5 Å². The van der Waals surface area contributed by atoms with E-state index in [0.29, 0.717) is 30.0 Å². The van der Waals surface area contributed by atoms with Crippen LogP contribution < -0.4 is 10.1 Å². The Morgan fingerprint density at radius 1 is 1.15 bits per heavy atom. The van der Waals surface area contributed by atoms with Crippen molar-refractivity contribution in [2.75, 3.05) is 18.4 Å². The van der Waals surface area contributed by atoms with Crippen molar-refractivity contribution in [3.8, 4) is 11.5 Å². The second-order valence-corrected chi connectivity index (χ2v) is 7.44. The first-order valence-electron chi connectivity index (χ1n) is 10.7. The van der Waals surface area contributed by atoms with E-state index in [4.69, 9.17) is 4.74 Å². The number of para-hydroxylation sites is 1. The number of nitrogens with zero attached hydrogens (tertiary/aromatic N) is 2. The molecule has 170 valence electrons. The van der Waals surface area contributed by atoms with E-state index in [1.165, 1.54) is 35.4 Å². The number of halogens is 1. The fourth-order valence-electron chi connectivity index (χ4n) is 3.12. The van der Waals surface area contributed by atoms with Gasteiger partial charge in [0.2, 0.25) is 11.8 Å². The Morgan fingerprint density at radius 3 is 2.67 bits per heavy atom. The Bertz CT molecular complexity index is 1130. The number of carbonyl (C=O) groups is 2. The molecule has 2 amide bonds. The Kier molecular flexibility index (Phi) is 8.30. The molecule has 3 aromatic rings. The fraction of sp³-hybridized carbons (Fsp3) is 0.192. The zero-order valence-corrected chi connectivity index (χ0v) is 18.6. The number of pyridine rings is 1. The van der Waals surface area contributed by atoms with Crippen LogP contribution in [-0.4, -0.2) is 34.8 Å². The lowest BCUT2D eigenvalue weighted by Crippen LogP contribution is -2.37. The summed E-state index contributed by atoms with van der Waals surface area (Å²) in [5, 5.41) is 2.84. The number of aromatic nitrogens is 1. The van der Waals surface area contributed by atoms with Gasteiger partial charge in [0, 0.05) is 24.5 Å². The number of anilines is 1. The minimum atomic E-state index is -0.559. The third kappa shape index (κ3) is 7.00. The van der Waals surface area contributed by atoms with Gasteiger partial charge in [-0.1, -0.05) is 31.2 Å². The van der Waals surface area contributed by atoms with E-state index in [0.717, 1.165) is 5.56 Å². The molecular weight excluding hydrogens is 421 g/mol. The van der Waals surface area contributed by atoms with Crippen molar-refractivity contribution in [3.63, 3.8) is 0 Å². The number of ether oxygens (including phenoxy) is 1. The average molecular weight is 448 g/mol. The highest BCUT2D eigenvalue weighted by Crippen LogP contribution is 2.25. The Labute approximate surface area is 192 Å². The summed E-state index contributed by atoms with van der Waals surface area (Å²) in [4.78, 5) is 30.5. The van der Waals surface area contributed by atoms with Gasteiger partial charge in [-0.25, -0.2) is 4.39 Å². The molecule has 0 aliphatic carbocycles. The van der Waals surface area contributed by atoms with Gasteiger partial charge in [-0.2, -0.15) is 0 Å². The van der Waals surface area contributed by atoms with Crippen molar-refractivity contribution < 1.29 is 18.7 Å². The molecule has 0 aliphatic heterocycles.